The lowest BCUT2D eigenvalue weighted by Gasteiger charge is -2.13. The van der Waals surface area contributed by atoms with E-state index in [0.717, 1.165) is 60.9 Å². The molecule has 0 saturated carbocycles. The van der Waals surface area contributed by atoms with Crippen molar-refractivity contribution < 1.29 is 0 Å². The Balaban J connectivity index is 1.20. The summed E-state index contributed by atoms with van der Waals surface area (Å²) in [5, 5.41) is 16.6. The first-order valence-corrected chi connectivity index (χ1v) is 16.8. The summed E-state index contributed by atoms with van der Waals surface area (Å²) in [6, 6.07) is 48.2. The summed E-state index contributed by atoms with van der Waals surface area (Å²) in [5.74, 6) is 0. The first-order valence-electron chi connectivity index (χ1n) is 16.0. The van der Waals surface area contributed by atoms with Gasteiger partial charge < -0.3 is 4.57 Å². The van der Waals surface area contributed by atoms with Crippen LogP contribution in [0.1, 0.15) is 5.56 Å². The second kappa shape index (κ2) is 10.4. The highest BCUT2D eigenvalue weighted by molar-refractivity contribution is 7.26. The molecular formula is C43H23N5S. The monoisotopic (exact) mass is 641 g/mol. The lowest BCUT2D eigenvalue weighted by atomic mass is 10.0. The van der Waals surface area contributed by atoms with Crippen LogP contribution < -0.4 is 0 Å². The summed E-state index contributed by atoms with van der Waals surface area (Å²) in [5.41, 5.74) is 9.08. The summed E-state index contributed by atoms with van der Waals surface area (Å²) < 4.78 is 7.00. The number of para-hydroxylation sites is 1. The first kappa shape index (κ1) is 27.4. The maximum absolute atomic E-state index is 9.62. The zero-order valence-electron chi connectivity index (χ0n) is 25.9. The lowest BCUT2D eigenvalue weighted by Crippen LogP contribution is -1.97. The Kier molecular flexibility index (Phi) is 5.81. The van der Waals surface area contributed by atoms with Gasteiger partial charge in [-0.3, -0.25) is 4.57 Å². The third kappa shape index (κ3) is 3.99. The molecule has 4 heterocycles. The zero-order chi connectivity index (χ0) is 32.6. The molecule has 6 aromatic carbocycles. The summed E-state index contributed by atoms with van der Waals surface area (Å²) >= 11 is 1.83. The SMILES string of the molecule is [C-]#[N+]c1cc(-c2cccc(-n3c4ccc5sc6ccccc6c5c4c4cccnc43)c2)cc(-n2c3ccccc3c3cc(C#N)ccc32)c1. The van der Waals surface area contributed by atoms with Crippen LogP contribution in [0.3, 0.4) is 0 Å². The molecule has 6 heteroatoms. The Morgan fingerprint density at radius 3 is 2.29 bits per heavy atom. The maximum atomic E-state index is 9.62. The van der Waals surface area contributed by atoms with Gasteiger partial charge >= 0.3 is 0 Å². The number of pyridine rings is 1. The van der Waals surface area contributed by atoms with Gasteiger partial charge in [0.1, 0.15) is 5.65 Å². The summed E-state index contributed by atoms with van der Waals surface area (Å²) in [7, 11) is 0. The van der Waals surface area contributed by atoms with Gasteiger partial charge in [-0.1, -0.05) is 48.5 Å². The number of nitriles is 1. The van der Waals surface area contributed by atoms with E-state index in [1.807, 2.05) is 66.1 Å². The first-order chi connectivity index (χ1) is 24.2. The van der Waals surface area contributed by atoms with E-state index in [2.05, 4.69) is 105 Å². The molecular weight excluding hydrogens is 619 g/mol. The largest absolute Gasteiger partial charge is 0.310 e. The van der Waals surface area contributed by atoms with Crippen molar-refractivity contribution in [1.29, 1.82) is 5.26 Å². The molecule has 0 radical (unpaired) electrons. The van der Waals surface area contributed by atoms with E-state index in [-0.39, 0.29) is 0 Å². The van der Waals surface area contributed by atoms with Crippen molar-refractivity contribution in [3.8, 4) is 28.6 Å². The molecule has 4 aromatic heterocycles. The molecule has 0 aliphatic carbocycles. The van der Waals surface area contributed by atoms with Crippen molar-refractivity contribution in [3.05, 3.63) is 157 Å². The third-order valence-corrected chi connectivity index (χ3v) is 10.7. The second-order valence-electron chi connectivity index (χ2n) is 12.2. The van der Waals surface area contributed by atoms with Crippen LogP contribution in [0.25, 0.3) is 91.3 Å². The van der Waals surface area contributed by atoms with Crippen molar-refractivity contribution in [3.63, 3.8) is 0 Å². The average Bonchev–Trinajstić information content (AvgIpc) is 3.82. The van der Waals surface area contributed by atoms with E-state index >= 15 is 0 Å². The molecule has 0 atom stereocenters. The molecule has 5 nitrogen and oxygen atoms in total. The van der Waals surface area contributed by atoms with Gasteiger partial charge in [-0.15, -0.1) is 11.3 Å². The van der Waals surface area contributed by atoms with E-state index < -0.39 is 0 Å². The lowest BCUT2D eigenvalue weighted by molar-refractivity contribution is 1.14. The zero-order valence-corrected chi connectivity index (χ0v) is 26.7. The molecule has 10 rings (SSSR count). The molecule has 10 aromatic rings. The highest BCUT2D eigenvalue weighted by Crippen LogP contribution is 2.43. The second-order valence-corrected chi connectivity index (χ2v) is 13.3. The van der Waals surface area contributed by atoms with Crippen LogP contribution in [0.5, 0.6) is 0 Å². The fourth-order valence-corrected chi connectivity index (χ4v) is 8.62. The Morgan fingerprint density at radius 1 is 0.592 bits per heavy atom. The van der Waals surface area contributed by atoms with Gasteiger partial charge in [0.25, 0.3) is 0 Å². The highest BCUT2D eigenvalue weighted by Gasteiger charge is 2.19. The van der Waals surface area contributed by atoms with E-state index in [4.69, 9.17) is 11.6 Å². The van der Waals surface area contributed by atoms with Crippen molar-refractivity contribution in [2.45, 2.75) is 0 Å². The fraction of sp³-hybridized carbons (Fsp3) is 0. The third-order valence-electron chi connectivity index (χ3n) is 9.56. The number of rotatable bonds is 3. The van der Waals surface area contributed by atoms with Gasteiger partial charge in [0.05, 0.1) is 34.8 Å². The van der Waals surface area contributed by atoms with Gasteiger partial charge in [-0.25, -0.2) is 9.83 Å². The predicted molar refractivity (Wildman–Crippen MR) is 202 cm³/mol. The van der Waals surface area contributed by atoms with Gasteiger partial charge in [0.15, 0.2) is 5.69 Å². The highest BCUT2D eigenvalue weighted by atomic mass is 32.1. The van der Waals surface area contributed by atoms with Crippen molar-refractivity contribution in [2.24, 2.45) is 0 Å². The van der Waals surface area contributed by atoms with Crippen molar-refractivity contribution in [1.82, 2.24) is 14.1 Å². The Hall–Kier alpha value is -6.73. The van der Waals surface area contributed by atoms with Crippen LogP contribution in [-0.2, 0) is 0 Å². The smallest absolute Gasteiger partial charge is 0.189 e. The molecule has 0 aliphatic rings. The molecule has 0 spiro atoms. The summed E-state index contributed by atoms with van der Waals surface area (Å²) in [6.07, 6.45) is 1.86. The summed E-state index contributed by atoms with van der Waals surface area (Å²) in [4.78, 5) is 8.81. The molecule has 0 aliphatic heterocycles. The molecule has 0 saturated heterocycles. The molecule has 0 amide bonds. The molecule has 0 unspecified atom stereocenters. The van der Waals surface area contributed by atoms with Crippen LogP contribution in [0, 0.1) is 17.9 Å². The maximum Gasteiger partial charge on any atom is 0.189 e. The Labute approximate surface area is 284 Å². The van der Waals surface area contributed by atoms with Crippen molar-refractivity contribution >= 4 is 80.9 Å². The topological polar surface area (TPSA) is 50.9 Å². The molecule has 0 N–H and O–H groups in total. The van der Waals surface area contributed by atoms with E-state index in [9.17, 15) is 5.26 Å². The standard InChI is InChI=1S/C43H23N5S/c1-45-29-21-28(23-31(24-29)47-36-13-4-2-10-32(36)35-20-26(25-44)15-16-37(35)47)27-8-6-9-30(22-27)48-38-17-18-40-42(33-11-3-5-14-39(33)49-40)41(38)34-12-7-19-46-43(34)48/h2-24H. The van der Waals surface area contributed by atoms with Crippen molar-refractivity contribution in [2.75, 3.05) is 0 Å². The number of nitrogens with zero attached hydrogens (tertiary/aromatic N) is 5. The normalized spacial score (nSPS) is 11.6. The van der Waals surface area contributed by atoms with Crippen LogP contribution in [0.4, 0.5) is 5.69 Å². The predicted octanol–water partition coefficient (Wildman–Crippen LogP) is 11.7. The van der Waals surface area contributed by atoms with Crippen LogP contribution in [0.15, 0.2) is 140 Å². The number of aromatic nitrogens is 3. The molecule has 49 heavy (non-hydrogen) atoms. The van der Waals surface area contributed by atoms with E-state index in [1.165, 1.54) is 25.6 Å². The quantitative estimate of drug-likeness (QED) is 0.180. The van der Waals surface area contributed by atoms with E-state index in [0.29, 0.717) is 11.3 Å². The molecule has 0 bridgehead atoms. The molecule has 226 valence electrons. The molecule has 0 fully saturated rings. The number of hydrogen-bond donors (Lipinski definition) is 0. The van der Waals surface area contributed by atoms with Gasteiger partial charge in [-0.2, -0.15) is 5.26 Å². The fourth-order valence-electron chi connectivity index (χ4n) is 7.51. The Morgan fingerprint density at radius 2 is 1.39 bits per heavy atom. The minimum absolute atomic E-state index is 0.558. The van der Waals surface area contributed by atoms with Gasteiger partial charge in [0, 0.05) is 59.3 Å². The number of thiophene rings is 1. The number of hydrogen-bond acceptors (Lipinski definition) is 3. The van der Waals surface area contributed by atoms with Gasteiger partial charge in [0.2, 0.25) is 0 Å². The number of benzene rings is 6. The Bertz CT molecular complexity index is 3090. The minimum Gasteiger partial charge on any atom is -0.310 e. The van der Waals surface area contributed by atoms with E-state index in [1.54, 1.807) is 0 Å². The summed E-state index contributed by atoms with van der Waals surface area (Å²) in [6.45, 7) is 8.02. The number of fused-ring (bicyclic) bond motifs is 10. The van der Waals surface area contributed by atoms with Crippen LogP contribution >= 0.6 is 11.3 Å². The van der Waals surface area contributed by atoms with Crippen LogP contribution in [-0.4, -0.2) is 14.1 Å². The minimum atomic E-state index is 0.558. The van der Waals surface area contributed by atoms with Crippen LogP contribution in [0.2, 0.25) is 0 Å². The average molecular weight is 642 g/mol. The van der Waals surface area contributed by atoms with Gasteiger partial charge in [-0.05, 0) is 96.1 Å².